The van der Waals surface area contributed by atoms with Crippen molar-refractivity contribution in [3.63, 3.8) is 0 Å². The predicted octanol–water partition coefficient (Wildman–Crippen LogP) is 1.21. The molecule has 5 nitrogen and oxygen atoms in total. The van der Waals surface area contributed by atoms with E-state index in [4.69, 9.17) is 5.73 Å². The SMILES string of the molecule is CN(C)c1ccc(NC(=O)C(C)(N)C2CC2)cn1. The second-order valence-electron chi connectivity index (χ2n) is 5.31. The summed E-state index contributed by atoms with van der Waals surface area (Å²) in [6.07, 6.45) is 3.73. The number of amides is 1. The van der Waals surface area contributed by atoms with Crippen molar-refractivity contribution < 1.29 is 4.79 Å². The lowest BCUT2D eigenvalue weighted by Gasteiger charge is -2.23. The average molecular weight is 248 g/mol. The van der Waals surface area contributed by atoms with E-state index >= 15 is 0 Å². The summed E-state index contributed by atoms with van der Waals surface area (Å²) < 4.78 is 0. The van der Waals surface area contributed by atoms with Gasteiger partial charge in [0.2, 0.25) is 5.91 Å². The molecular formula is C13H20N4O. The summed E-state index contributed by atoms with van der Waals surface area (Å²) in [4.78, 5) is 18.2. The van der Waals surface area contributed by atoms with E-state index in [9.17, 15) is 4.79 Å². The number of carbonyl (C=O) groups excluding carboxylic acids is 1. The molecule has 1 aliphatic carbocycles. The summed E-state index contributed by atoms with van der Waals surface area (Å²) in [7, 11) is 3.84. The van der Waals surface area contributed by atoms with Crippen molar-refractivity contribution in [2.75, 3.05) is 24.3 Å². The molecule has 1 aliphatic rings. The first-order chi connectivity index (χ1) is 8.41. The number of hydrogen-bond acceptors (Lipinski definition) is 4. The van der Waals surface area contributed by atoms with E-state index in [2.05, 4.69) is 10.3 Å². The minimum absolute atomic E-state index is 0.135. The molecule has 0 aromatic carbocycles. The maximum absolute atomic E-state index is 12.1. The summed E-state index contributed by atoms with van der Waals surface area (Å²) >= 11 is 0. The van der Waals surface area contributed by atoms with E-state index in [1.807, 2.05) is 31.1 Å². The Bertz CT molecular complexity index is 435. The number of aromatic nitrogens is 1. The van der Waals surface area contributed by atoms with Crippen LogP contribution in [-0.4, -0.2) is 30.5 Å². The van der Waals surface area contributed by atoms with Gasteiger partial charge in [0.05, 0.1) is 17.4 Å². The predicted molar refractivity (Wildman–Crippen MR) is 72.5 cm³/mol. The second-order valence-corrected chi connectivity index (χ2v) is 5.31. The zero-order valence-electron chi connectivity index (χ0n) is 11.1. The van der Waals surface area contributed by atoms with Crippen LogP contribution in [0.1, 0.15) is 19.8 Å². The molecule has 1 amide bonds. The Morgan fingerprint density at radius 3 is 2.61 bits per heavy atom. The average Bonchev–Trinajstić information content (AvgIpc) is 3.13. The van der Waals surface area contributed by atoms with Crippen LogP contribution < -0.4 is 16.0 Å². The number of hydrogen-bond donors (Lipinski definition) is 2. The molecule has 0 spiro atoms. The lowest BCUT2D eigenvalue weighted by Crippen LogP contribution is -2.50. The van der Waals surface area contributed by atoms with Crippen LogP contribution >= 0.6 is 0 Å². The van der Waals surface area contributed by atoms with Gasteiger partial charge in [0, 0.05) is 14.1 Å². The van der Waals surface area contributed by atoms with Crippen molar-refractivity contribution in [2.45, 2.75) is 25.3 Å². The third kappa shape index (κ3) is 2.61. The van der Waals surface area contributed by atoms with E-state index in [1.54, 1.807) is 13.1 Å². The fourth-order valence-electron chi connectivity index (χ4n) is 1.86. The molecule has 2 rings (SSSR count). The molecule has 1 atom stereocenters. The molecule has 3 N–H and O–H groups in total. The topological polar surface area (TPSA) is 71.2 Å². The van der Waals surface area contributed by atoms with Gasteiger partial charge in [-0.05, 0) is 37.8 Å². The molecule has 0 saturated heterocycles. The Morgan fingerprint density at radius 1 is 1.50 bits per heavy atom. The van der Waals surface area contributed by atoms with Gasteiger partial charge in [-0.3, -0.25) is 4.79 Å². The largest absolute Gasteiger partial charge is 0.363 e. The van der Waals surface area contributed by atoms with Crippen LogP contribution in [0.4, 0.5) is 11.5 Å². The molecule has 0 bridgehead atoms. The van der Waals surface area contributed by atoms with Crippen molar-refractivity contribution in [1.29, 1.82) is 0 Å². The lowest BCUT2D eigenvalue weighted by molar-refractivity contribution is -0.121. The van der Waals surface area contributed by atoms with Crippen LogP contribution in [0.15, 0.2) is 18.3 Å². The molecule has 1 aromatic heterocycles. The van der Waals surface area contributed by atoms with Crippen molar-refractivity contribution in [2.24, 2.45) is 11.7 Å². The molecule has 1 fully saturated rings. The smallest absolute Gasteiger partial charge is 0.244 e. The highest BCUT2D eigenvalue weighted by molar-refractivity contribution is 5.98. The Morgan fingerprint density at radius 2 is 2.17 bits per heavy atom. The molecule has 5 heteroatoms. The van der Waals surface area contributed by atoms with Gasteiger partial charge in [-0.2, -0.15) is 0 Å². The first kappa shape index (κ1) is 12.8. The molecular weight excluding hydrogens is 228 g/mol. The first-order valence-electron chi connectivity index (χ1n) is 6.15. The number of pyridine rings is 1. The molecule has 1 heterocycles. The van der Waals surface area contributed by atoms with Crippen molar-refractivity contribution >= 4 is 17.4 Å². The lowest BCUT2D eigenvalue weighted by atomic mass is 9.96. The van der Waals surface area contributed by atoms with Crippen LogP contribution in [0.5, 0.6) is 0 Å². The van der Waals surface area contributed by atoms with Crippen LogP contribution in [0.3, 0.4) is 0 Å². The third-order valence-corrected chi connectivity index (χ3v) is 3.38. The normalized spacial score (nSPS) is 18.0. The van der Waals surface area contributed by atoms with E-state index in [-0.39, 0.29) is 5.91 Å². The van der Waals surface area contributed by atoms with Crippen LogP contribution in [-0.2, 0) is 4.79 Å². The minimum Gasteiger partial charge on any atom is -0.363 e. The van der Waals surface area contributed by atoms with Gasteiger partial charge in [0.25, 0.3) is 0 Å². The van der Waals surface area contributed by atoms with Crippen molar-refractivity contribution in [3.8, 4) is 0 Å². The molecule has 1 unspecified atom stereocenters. The van der Waals surface area contributed by atoms with Crippen LogP contribution in [0.25, 0.3) is 0 Å². The van der Waals surface area contributed by atoms with Crippen molar-refractivity contribution in [1.82, 2.24) is 4.98 Å². The number of nitrogens with zero attached hydrogens (tertiary/aromatic N) is 2. The maximum atomic E-state index is 12.1. The highest BCUT2D eigenvalue weighted by atomic mass is 16.2. The van der Waals surface area contributed by atoms with Crippen molar-refractivity contribution in [3.05, 3.63) is 18.3 Å². The summed E-state index contributed by atoms with van der Waals surface area (Å²) in [5.41, 5.74) is 5.96. The highest BCUT2D eigenvalue weighted by Crippen LogP contribution is 2.38. The van der Waals surface area contributed by atoms with Gasteiger partial charge in [-0.15, -0.1) is 0 Å². The van der Waals surface area contributed by atoms with Gasteiger partial charge >= 0.3 is 0 Å². The van der Waals surface area contributed by atoms with Gasteiger partial charge in [0.15, 0.2) is 0 Å². The second kappa shape index (κ2) is 4.57. The summed E-state index contributed by atoms with van der Waals surface area (Å²) in [6.45, 7) is 1.79. The number of anilines is 2. The number of nitrogens with one attached hydrogen (secondary N) is 1. The van der Waals surface area contributed by atoms with E-state index in [0.717, 1.165) is 18.7 Å². The highest BCUT2D eigenvalue weighted by Gasteiger charge is 2.44. The first-order valence-corrected chi connectivity index (χ1v) is 6.15. The Hall–Kier alpha value is -1.62. The molecule has 18 heavy (non-hydrogen) atoms. The standard InChI is InChI=1S/C13H20N4O/c1-13(14,9-4-5-9)12(18)16-10-6-7-11(15-8-10)17(2)3/h6-9H,4-5,14H2,1-3H3,(H,16,18). The maximum Gasteiger partial charge on any atom is 0.244 e. The fourth-order valence-corrected chi connectivity index (χ4v) is 1.86. The number of rotatable bonds is 4. The molecule has 0 radical (unpaired) electrons. The fraction of sp³-hybridized carbons (Fsp3) is 0.538. The van der Waals surface area contributed by atoms with E-state index < -0.39 is 5.54 Å². The monoisotopic (exact) mass is 248 g/mol. The molecule has 98 valence electrons. The van der Waals surface area contributed by atoms with Gasteiger partial charge in [-0.1, -0.05) is 0 Å². The molecule has 0 aliphatic heterocycles. The summed E-state index contributed by atoms with van der Waals surface area (Å²) in [5, 5.41) is 2.82. The molecule has 1 saturated carbocycles. The quantitative estimate of drug-likeness (QED) is 0.840. The zero-order valence-corrected chi connectivity index (χ0v) is 11.1. The van der Waals surface area contributed by atoms with Gasteiger partial charge in [-0.25, -0.2) is 4.98 Å². The van der Waals surface area contributed by atoms with Crippen LogP contribution in [0.2, 0.25) is 0 Å². The summed E-state index contributed by atoms with van der Waals surface area (Å²) in [5.74, 6) is 1.03. The molecule has 1 aromatic rings. The Labute approximate surface area is 107 Å². The van der Waals surface area contributed by atoms with E-state index in [1.165, 1.54) is 0 Å². The third-order valence-electron chi connectivity index (χ3n) is 3.38. The van der Waals surface area contributed by atoms with Crippen LogP contribution in [0, 0.1) is 5.92 Å². The number of nitrogens with two attached hydrogens (primary N) is 1. The summed E-state index contributed by atoms with van der Waals surface area (Å²) in [6, 6.07) is 3.70. The Kier molecular flexibility index (Phi) is 3.26. The van der Waals surface area contributed by atoms with E-state index in [0.29, 0.717) is 11.6 Å². The minimum atomic E-state index is -0.778. The number of carbonyl (C=O) groups is 1. The van der Waals surface area contributed by atoms with Gasteiger partial charge in [0.1, 0.15) is 5.82 Å². The Balaban J connectivity index is 2.03. The zero-order chi connectivity index (χ0) is 13.3. The van der Waals surface area contributed by atoms with Gasteiger partial charge < -0.3 is 16.0 Å².